The highest BCUT2D eigenvalue weighted by atomic mass is 16.2. The van der Waals surface area contributed by atoms with E-state index >= 15 is 0 Å². The van der Waals surface area contributed by atoms with Gasteiger partial charge in [-0.3, -0.25) is 14.9 Å². The summed E-state index contributed by atoms with van der Waals surface area (Å²) < 4.78 is 0. The van der Waals surface area contributed by atoms with Crippen LogP contribution in [0.4, 0.5) is 0 Å². The number of amides is 2. The van der Waals surface area contributed by atoms with Crippen molar-refractivity contribution >= 4 is 11.8 Å². The molecule has 0 saturated carbocycles. The van der Waals surface area contributed by atoms with E-state index in [4.69, 9.17) is 0 Å². The Bertz CT molecular complexity index is 367. The topological polar surface area (TPSA) is 46.2 Å². The third kappa shape index (κ3) is 0.985. The maximum absolute atomic E-state index is 11.7. The van der Waals surface area contributed by atoms with Crippen molar-refractivity contribution in [2.45, 2.75) is 6.42 Å². The van der Waals surface area contributed by atoms with Crippen molar-refractivity contribution in [2.75, 3.05) is 0 Å². The van der Waals surface area contributed by atoms with Gasteiger partial charge in [0.25, 0.3) is 0 Å². The van der Waals surface area contributed by atoms with Crippen LogP contribution in [0.5, 0.6) is 0 Å². The number of fused-ring (bicyclic) bond motifs is 1. The first-order valence-corrected chi connectivity index (χ1v) is 4.53. The lowest BCUT2D eigenvalue weighted by Crippen LogP contribution is -2.33. The van der Waals surface area contributed by atoms with Crippen LogP contribution in [0.3, 0.4) is 0 Å². The average molecular weight is 189 g/mol. The number of carbonyl (C=O) groups excluding carboxylic acids is 2. The van der Waals surface area contributed by atoms with Gasteiger partial charge in [-0.15, -0.1) is 6.58 Å². The standard InChI is InChI=1S/C11H11NO2/c1-2-6-11-7-4-3-5-8(11)9(13)12-10(11)14/h2-5,7-8H,1,6H2,(H,12,13,14). The van der Waals surface area contributed by atoms with Gasteiger partial charge in [0.1, 0.15) is 0 Å². The van der Waals surface area contributed by atoms with Gasteiger partial charge >= 0.3 is 0 Å². The summed E-state index contributed by atoms with van der Waals surface area (Å²) in [5, 5.41) is 2.36. The van der Waals surface area contributed by atoms with E-state index < -0.39 is 5.41 Å². The van der Waals surface area contributed by atoms with Crippen LogP contribution in [0.25, 0.3) is 0 Å². The molecule has 3 heteroatoms. The summed E-state index contributed by atoms with van der Waals surface area (Å²) in [6, 6.07) is 0. The van der Waals surface area contributed by atoms with Crippen molar-refractivity contribution in [1.29, 1.82) is 0 Å². The highest BCUT2D eigenvalue weighted by molar-refractivity contribution is 6.09. The number of hydrogen-bond donors (Lipinski definition) is 1. The fraction of sp³-hybridized carbons (Fsp3) is 0.273. The summed E-state index contributed by atoms with van der Waals surface area (Å²) in [5.41, 5.74) is -0.715. The monoisotopic (exact) mass is 189 g/mol. The quantitative estimate of drug-likeness (QED) is 0.519. The highest BCUT2D eigenvalue weighted by Gasteiger charge is 2.52. The number of hydrogen-bond acceptors (Lipinski definition) is 2. The van der Waals surface area contributed by atoms with E-state index in [1.165, 1.54) is 0 Å². The third-order valence-electron chi connectivity index (χ3n) is 2.79. The summed E-state index contributed by atoms with van der Waals surface area (Å²) >= 11 is 0. The van der Waals surface area contributed by atoms with Gasteiger partial charge in [-0.05, 0) is 6.42 Å². The minimum absolute atomic E-state index is 0.211. The molecule has 2 amide bonds. The molecule has 0 aromatic rings. The van der Waals surface area contributed by atoms with Crippen LogP contribution >= 0.6 is 0 Å². The second-order valence-electron chi connectivity index (χ2n) is 3.57. The maximum Gasteiger partial charge on any atom is 0.238 e. The minimum atomic E-state index is -0.715. The van der Waals surface area contributed by atoms with Crippen LogP contribution in [-0.2, 0) is 9.59 Å². The summed E-state index contributed by atoms with van der Waals surface area (Å²) in [7, 11) is 0. The van der Waals surface area contributed by atoms with E-state index in [0.717, 1.165) is 0 Å². The molecular formula is C11H11NO2. The highest BCUT2D eigenvalue weighted by Crippen LogP contribution is 2.41. The second-order valence-corrected chi connectivity index (χ2v) is 3.57. The summed E-state index contributed by atoms with van der Waals surface area (Å²) in [5.74, 6) is -0.788. The smallest absolute Gasteiger partial charge is 0.238 e. The van der Waals surface area contributed by atoms with E-state index in [1.807, 2.05) is 0 Å². The number of nitrogens with one attached hydrogen (secondary N) is 1. The lowest BCUT2D eigenvalue weighted by Gasteiger charge is -2.26. The molecular weight excluding hydrogens is 178 g/mol. The number of rotatable bonds is 2. The van der Waals surface area contributed by atoms with E-state index in [1.54, 1.807) is 30.4 Å². The molecule has 72 valence electrons. The van der Waals surface area contributed by atoms with Crippen molar-refractivity contribution in [3.63, 3.8) is 0 Å². The predicted molar refractivity (Wildman–Crippen MR) is 52.2 cm³/mol. The molecule has 3 nitrogen and oxygen atoms in total. The fourth-order valence-electron chi connectivity index (χ4n) is 2.05. The minimum Gasteiger partial charge on any atom is -0.295 e. The number of carbonyl (C=O) groups is 2. The van der Waals surface area contributed by atoms with Crippen LogP contribution in [-0.4, -0.2) is 11.8 Å². The van der Waals surface area contributed by atoms with Gasteiger partial charge in [0.15, 0.2) is 0 Å². The molecule has 0 radical (unpaired) electrons. The molecule has 0 aromatic heterocycles. The molecule has 2 rings (SSSR count). The van der Waals surface area contributed by atoms with Crippen molar-refractivity contribution in [2.24, 2.45) is 11.3 Å². The SMILES string of the molecule is C=CCC12C=CC=CC1C(=O)NC2=O. The zero-order valence-electron chi connectivity index (χ0n) is 7.69. The first-order valence-electron chi connectivity index (χ1n) is 4.53. The maximum atomic E-state index is 11.7. The zero-order valence-corrected chi connectivity index (χ0v) is 7.69. The van der Waals surface area contributed by atoms with Gasteiger partial charge in [0.2, 0.25) is 11.8 Å². The summed E-state index contributed by atoms with van der Waals surface area (Å²) in [6.07, 6.45) is 9.33. The van der Waals surface area contributed by atoms with Crippen molar-refractivity contribution in [1.82, 2.24) is 5.32 Å². The molecule has 2 unspecified atom stereocenters. The van der Waals surface area contributed by atoms with E-state index in [-0.39, 0.29) is 17.7 Å². The van der Waals surface area contributed by atoms with Crippen molar-refractivity contribution in [3.8, 4) is 0 Å². The van der Waals surface area contributed by atoms with Crippen LogP contribution in [0.1, 0.15) is 6.42 Å². The molecule has 0 spiro atoms. The largest absolute Gasteiger partial charge is 0.295 e. The number of allylic oxidation sites excluding steroid dienone is 3. The lowest BCUT2D eigenvalue weighted by atomic mass is 9.72. The lowest BCUT2D eigenvalue weighted by molar-refractivity contribution is -0.127. The van der Waals surface area contributed by atoms with Crippen LogP contribution in [0.2, 0.25) is 0 Å². The Morgan fingerprint density at radius 1 is 1.50 bits per heavy atom. The molecule has 14 heavy (non-hydrogen) atoms. The number of imide groups is 1. The molecule has 1 N–H and O–H groups in total. The van der Waals surface area contributed by atoms with Crippen LogP contribution < -0.4 is 5.32 Å². The van der Waals surface area contributed by atoms with Gasteiger partial charge in [-0.2, -0.15) is 0 Å². The van der Waals surface area contributed by atoms with Crippen LogP contribution in [0, 0.1) is 11.3 Å². The molecule has 1 aliphatic heterocycles. The molecule has 1 heterocycles. The average Bonchev–Trinajstić information content (AvgIpc) is 2.41. The van der Waals surface area contributed by atoms with Gasteiger partial charge in [-0.1, -0.05) is 30.4 Å². The molecule has 1 aliphatic carbocycles. The van der Waals surface area contributed by atoms with Crippen molar-refractivity contribution in [3.05, 3.63) is 37.0 Å². The molecule has 2 atom stereocenters. The first-order chi connectivity index (χ1) is 6.70. The van der Waals surface area contributed by atoms with E-state index in [2.05, 4.69) is 11.9 Å². The van der Waals surface area contributed by atoms with Gasteiger partial charge < -0.3 is 0 Å². The molecule has 0 aromatic carbocycles. The molecule has 0 bridgehead atoms. The molecule has 2 aliphatic rings. The Morgan fingerprint density at radius 2 is 2.29 bits per heavy atom. The van der Waals surface area contributed by atoms with E-state index in [9.17, 15) is 9.59 Å². The summed E-state index contributed by atoms with van der Waals surface area (Å²) in [4.78, 5) is 23.1. The first kappa shape index (κ1) is 8.94. The molecule has 1 saturated heterocycles. The van der Waals surface area contributed by atoms with Gasteiger partial charge in [0.05, 0.1) is 11.3 Å². The van der Waals surface area contributed by atoms with Gasteiger partial charge in [0, 0.05) is 0 Å². The van der Waals surface area contributed by atoms with Crippen molar-refractivity contribution < 1.29 is 9.59 Å². The van der Waals surface area contributed by atoms with Crippen LogP contribution in [0.15, 0.2) is 37.0 Å². The van der Waals surface area contributed by atoms with Gasteiger partial charge in [-0.25, -0.2) is 0 Å². The Kier molecular flexibility index (Phi) is 1.88. The predicted octanol–water partition coefficient (Wildman–Crippen LogP) is 0.947. The normalized spacial score (nSPS) is 34.1. The fourth-order valence-corrected chi connectivity index (χ4v) is 2.05. The third-order valence-corrected chi connectivity index (χ3v) is 2.79. The Morgan fingerprint density at radius 3 is 3.00 bits per heavy atom. The second kappa shape index (κ2) is 2.94. The van der Waals surface area contributed by atoms with E-state index in [0.29, 0.717) is 6.42 Å². The Labute approximate surface area is 82.2 Å². The summed E-state index contributed by atoms with van der Waals surface area (Å²) in [6.45, 7) is 3.62. The zero-order chi connectivity index (χ0) is 10.2. The Hall–Kier alpha value is -1.64. The molecule has 1 fully saturated rings. The Balaban J connectivity index is 2.47.